The molecule has 2 aromatic carbocycles. The van der Waals surface area contributed by atoms with Crippen LogP contribution < -0.4 is 10.1 Å². The number of carboxylic acid groups (broad SMARTS) is 1. The van der Waals surface area contributed by atoms with Crippen molar-refractivity contribution in [3.63, 3.8) is 0 Å². The van der Waals surface area contributed by atoms with E-state index in [1.165, 1.54) is 0 Å². The summed E-state index contributed by atoms with van der Waals surface area (Å²) in [6, 6.07) is 15.0. The summed E-state index contributed by atoms with van der Waals surface area (Å²) in [7, 11) is 0. The maximum atomic E-state index is 13.1. The van der Waals surface area contributed by atoms with Crippen molar-refractivity contribution in [3.8, 4) is 5.75 Å². The van der Waals surface area contributed by atoms with E-state index in [4.69, 9.17) is 9.84 Å². The second kappa shape index (κ2) is 9.03. The Bertz CT molecular complexity index is 853. The van der Waals surface area contributed by atoms with Crippen LogP contribution in [0.1, 0.15) is 30.9 Å². The van der Waals surface area contributed by atoms with Crippen molar-refractivity contribution < 1.29 is 24.2 Å². The van der Waals surface area contributed by atoms with Gasteiger partial charge in [-0.1, -0.05) is 36.4 Å². The summed E-state index contributed by atoms with van der Waals surface area (Å²) in [5, 5.41) is 11.6. The number of likely N-dealkylation sites (tertiary alicyclic amines) is 1. The van der Waals surface area contributed by atoms with E-state index in [2.05, 4.69) is 5.32 Å². The Morgan fingerprint density at radius 3 is 2.61 bits per heavy atom. The molecule has 146 valence electrons. The molecule has 1 aliphatic rings. The second-order valence-corrected chi connectivity index (χ2v) is 6.56. The minimum absolute atomic E-state index is 0.0335. The van der Waals surface area contributed by atoms with Gasteiger partial charge < -0.3 is 20.1 Å². The van der Waals surface area contributed by atoms with Crippen LogP contribution >= 0.6 is 0 Å². The van der Waals surface area contributed by atoms with Crippen LogP contribution in [0, 0.1) is 0 Å². The molecule has 28 heavy (non-hydrogen) atoms. The van der Waals surface area contributed by atoms with Crippen molar-refractivity contribution in [2.75, 3.05) is 18.5 Å². The van der Waals surface area contributed by atoms with Crippen LogP contribution in [0.25, 0.3) is 0 Å². The third-order valence-corrected chi connectivity index (χ3v) is 4.50. The molecule has 2 amide bonds. The van der Waals surface area contributed by atoms with Crippen molar-refractivity contribution in [3.05, 3.63) is 60.2 Å². The lowest BCUT2D eigenvalue weighted by Gasteiger charge is -2.34. The van der Waals surface area contributed by atoms with E-state index in [9.17, 15) is 14.4 Å². The number of piperidine rings is 1. The minimum atomic E-state index is -1.08. The highest BCUT2D eigenvalue weighted by atomic mass is 16.5. The fourth-order valence-electron chi connectivity index (χ4n) is 3.23. The predicted octanol–water partition coefficient (Wildman–Crippen LogP) is 2.84. The largest absolute Gasteiger partial charge is 0.482 e. The van der Waals surface area contributed by atoms with Gasteiger partial charge in [0, 0.05) is 24.7 Å². The van der Waals surface area contributed by atoms with E-state index in [1.807, 2.05) is 30.3 Å². The zero-order chi connectivity index (χ0) is 19.9. The van der Waals surface area contributed by atoms with Crippen LogP contribution in [0.15, 0.2) is 54.6 Å². The van der Waals surface area contributed by atoms with Crippen LogP contribution in [-0.4, -0.2) is 40.9 Å². The number of anilines is 1. The molecule has 2 N–H and O–H groups in total. The minimum Gasteiger partial charge on any atom is -0.482 e. The van der Waals surface area contributed by atoms with Crippen LogP contribution in [0.4, 0.5) is 5.69 Å². The van der Waals surface area contributed by atoms with E-state index >= 15 is 0 Å². The zero-order valence-corrected chi connectivity index (χ0v) is 15.3. The number of hydrogen-bond donors (Lipinski definition) is 2. The lowest BCUT2D eigenvalue weighted by Crippen LogP contribution is -2.43. The second-order valence-electron chi connectivity index (χ2n) is 6.56. The van der Waals surface area contributed by atoms with E-state index in [-0.39, 0.29) is 11.8 Å². The molecule has 1 fully saturated rings. The highest BCUT2D eigenvalue weighted by Crippen LogP contribution is 2.27. The number of benzene rings is 2. The summed E-state index contributed by atoms with van der Waals surface area (Å²) in [6.07, 6.45) is 2.14. The molecule has 7 nitrogen and oxygen atoms in total. The van der Waals surface area contributed by atoms with Gasteiger partial charge in [-0.05, 0) is 30.5 Å². The van der Waals surface area contributed by atoms with E-state index in [1.54, 1.807) is 29.2 Å². The number of nitrogens with zero attached hydrogens (tertiary/aromatic N) is 1. The standard InChI is InChI=1S/C21H22N2O5/c24-18-11-4-5-12-23(18)20(15-7-2-1-3-8-15)21(27)22-16-9-6-10-17(13-16)28-14-19(25)26/h1-3,6-10,13,20H,4-5,11-12,14H2,(H,22,27)(H,25,26). The van der Waals surface area contributed by atoms with Gasteiger partial charge in [0.2, 0.25) is 5.91 Å². The Morgan fingerprint density at radius 2 is 1.89 bits per heavy atom. The first-order valence-corrected chi connectivity index (χ1v) is 9.14. The number of hydrogen-bond acceptors (Lipinski definition) is 4. The van der Waals surface area contributed by atoms with Gasteiger partial charge in [-0.3, -0.25) is 9.59 Å². The molecule has 1 heterocycles. The summed E-state index contributed by atoms with van der Waals surface area (Å²) in [5.74, 6) is -1.10. The van der Waals surface area contributed by atoms with Crippen molar-refractivity contribution in [1.82, 2.24) is 4.90 Å². The quantitative estimate of drug-likeness (QED) is 0.768. The highest BCUT2D eigenvalue weighted by molar-refractivity contribution is 5.98. The molecule has 0 spiro atoms. The number of aliphatic carboxylic acids is 1. The molecule has 7 heteroatoms. The van der Waals surface area contributed by atoms with Crippen LogP contribution in [0.5, 0.6) is 5.75 Å². The van der Waals surface area contributed by atoms with Crippen LogP contribution in [-0.2, 0) is 14.4 Å². The molecule has 1 unspecified atom stereocenters. The van der Waals surface area contributed by atoms with Crippen molar-refractivity contribution in [1.29, 1.82) is 0 Å². The molecule has 3 rings (SSSR count). The molecule has 2 aromatic rings. The monoisotopic (exact) mass is 382 g/mol. The first kappa shape index (κ1) is 19.4. The number of carbonyl (C=O) groups is 3. The number of amides is 2. The fraction of sp³-hybridized carbons (Fsp3) is 0.286. The maximum Gasteiger partial charge on any atom is 0.341 e. The normalized spacial score (nSPS) is 15.0. The first-order chi connectivity index (χ1) is 13.5. The molecule has 0 aromatic heterocycles. The van der Waals surface area contributed by atoms with Gasteiger partial charge in [-0.2, -0.15) is 0 Å². The molecule has 1 aliphatic heterocycles. The van der Waals surface area contributed by atoms with Crippen molar-refractivity contribution >= 4 is 23.5 Å². The number of carbonyl (C=O) groups excluding carboxylic acids is 2. The van der Waals surface area contributed by atoms with Gasteiger partial charge in [-0.25, -0.2) is 4.79 Å². The summed E-state index contributed by atoms with van der Waals surface area (Å²) in [6.45, 7) is 0.0693. The average molecular weight is 382 g/mol. The fourth-order valence-corrected chi connectivity index (χ4v) is 3.23. The SMILES string of the molecule is O=C(O)COc1cccc(NC(=O)C(c2ccccc2)N2CCCCC2=O)c1. The Hall–Kier alpha value is -3.35. The molecular formula is C21H22N2O5. The van der Waals surface area contributed by atoms with Crippen LogP contribution in [0.3, 0.4) is 0 Å². The number of rotatable bonds is 7. The first-order valence-electron chi connectivity index (χ1n) is 9.14. The maximum absolute atomic E-state index is 13.1. The van der Waals surface area contributed by atoms with Crippen molar-refractivity contribution in [2.24, 2.45) is 0 Å². The molecule has 1 saturated heterocycles. The number of carboxylic acids is 1. The lowest BCUT2D eigenvalue weighted by molar-refractivity contribution is -0.141. The molecular weight excluding hydrogens is 360 g/mol. The van der Waals surface area contributed by atoms with Gasteiger partial charge in [0.15, 0.2) is 6.61 Å². The molecule has 0 aliphatic carbocycles. The topological polar surface area (TPSA) is 95.9 Å². The predicted molar refractivity (Wildman–Crippen MR) is 103 cm³/mol. The van der Waals surface area contributed by atoms with Gasteiger partial charge in [0.25, 0.3) is 5.91 Å². The van der Waals surface area contributed by atoms with E-state index in [0.717, 1.165) is 18.4 Å². The molecule has 0 radical (unpaired) electrons. The average Bonchev–Trinajstić information content (AvgIpc) is 2.69. The van der Waals surface area contributed by atoms with Crippen LogP contribution in [0.2, 0.25) is 0 Å². The van der Waals surface area contributed by atoms with Gasteiger partial charge in [0.1, 0.15) is 11.8 Å². The van der Waals surface area contributed by atoms with Gasteiger partial charge in [0.05, 0.1) is 0 Å². The van der Waals surface area contributed by atoms with E-state index in [0.29, 0.717) is 24.4 Å². The Kier molecular flexibility index (Phi) is 6.26. The Balaban J connectivity index is 1.81. The third kappa shape index (κ3) is 4.88. The summed E-state index contributed by atoms with van der Waals surface area (Å²) in [4.78, 5) is 37.8. The Labute approximate surface area is 162 Å². The molecule has 0 bridgehead atoms. The molecule has 1 atom stereocenters. The lowest BCUT2D eigenvalue weighted by atomic mass is 10.0. The highest BCUT2D eigenvalue weighted by Gasteiger charge is 2.32. The number of nitrogens with one attached hydrogen (secondary N) is 1. The van der Waals surface area contributed by atoms with Gasteiger partial charge >= 0.3 is 5.97 Å². The number of ether oxygens (including phenoxy) is 1. The summed E-state index contributed by atoms with van der Waals surface area (Å²) in [5.41, 5.74) is 1.21. The smallest absolute Gasteiger partial charge is 0.341 e. The van der Waals surface area contributed by atoms with Crippen molar-refractivity contribution in [2.45, 2.75) is 25.3 Å². The zero-order valence-electron chi connectivity index (χ0n) is 15.3. The third-order valence-electron chi connectivity index (χ3n) is 4.50. The summed E-state index contributed by atoms with van der Waals surface area (Å²) < 4.78 is 5.15. The summed E-state index contributed by atoms with van der Waals surface area (Å²) >= 11 is 0. The van der Waals surface area contributed by atoms with E-state index < -0.39 is 18.6 Å². The van der Waals surface area contributed by atoms with Gasteiger partial charge in [-0.15, -0.1) is 0 Å². The Morgan fingerprint density at radius 1 is 1.11 bits per heavy atom. The molecule has 0 saturated carbocycles.